The molecule has 2 rings (SSSR count). The van der Waals surface area contributed by atoms with E-state index in [-0.39, 0.29) is 6.61 Å². The quantitative estimate of drug-likeness (QED) is 0.805. The van der Waals surface area contributed by atoms with Crippen LogP contribution in [0.3, 0.4) is 0 Å². The van der Waals surface area contributed by atoms with E-state index in [4.69, 9.17) is 5.73 Å². The van der Waals surface area contributed by atoms with Crippen LogP contribution in [0.4, 0.5) is 10.6 Å². The molecule has 0 aliphatic rings. The summed E-state index contributed by atoms with van der Waals surface area (Å²) in [6, 6.07) is 0. The Balaban J connectivity index is 2.06. The number of anilines is 1. The van der Waals surface area contributed by atoms with Crippen molar-refractivity contribution in [3.05, 3.63) is 17.3 Å². The Labute approximate surface area is 102 Å². The lowest BCUT2D eigenvalue weighted by Crippen LogP contribution is -2.18. The molecule has 2 heterocycles. The van der Waals surface area contributed by atoms with Crippen molar-refractivity contribution in [2.75, 3.05) is 18.5 Å². The molecule has 0 spiro atoms. The lowest BCUT2D eigenvalue weighted by atomic mass is 10.3. The first-order valence-corrected chi connectivity index (χ1v) is 5.91. The number of fused-ring (bicyclic) bond motifs is 1. The van der Waals surface area contributed by atoms with Gasteiger partial charge in [-0.1, -0.05) is 0 Å². The Hall–Kier alpha value is -1.89. The van der Waals surface area contributed by atoms with Gasteiger partial charge in [-0.3, -0.25) is 0 Å². The standard InChI is InChI=1S/C10H12N4O2S/c1-6-4-17-8-7(6)13-5-14-9(8)12-2-3-16-10(11)15/h4-5H,2-3H2,1H3,(H2,11,15)(H,12,13,14). The minimum atomic E-state index is -0.772. The number of nitrogens with zero attached hydrogens (tertiary/aromatic N) is 2. The number of ether oxygens (including phenoxy) is 1. The average molecular weight is 252 g/mol. The fourth-order valence-electron chi connectivity index (χ4n) is 1.42. The predicted molar refractivity (Wildman–Crippen MR) is 66.2 cm³/mol. The van der Waals surface area contributed by atoms with E-state index >= 15 is 0 Å². The Morgan fingerprint density at radius 2 is 2.41 bits per heavy atom. The predicted octanol–water partition coefficient (Wildman–Crippen LogP) is 1.51. The molecular weight excluding hydrogens is 240 g/mol. The Morgan fingerprint density at radius 1 is 1.59 bits per heavy atom. The van der Waals surface area contributed by atoms with E-state index in [0.29, 0.717) is 6.54 Å². The number of carbonyl (C=O) groups is 1. The molecule has 6 nitrogen and oxygen atoms in total. The highest BCUT2D eigenvalue weighted by atomic mass is 32.1. The summed E-state index contributed by atoms with van der Waals surface area (Å²) in [5.41, 5.74) is 6.93. The van der Waals surface area contributed by atoms with E-state index in [1.54, 1.807) is 11.3 Å². The van der Waals surface area contributed by atoms with Crippen LogP contribution < -0.4 is 11.1 Å². The van der Waals surface area contributed by atoms with Gasteiger partial charge in [-0.15, -0.1) is 11.3 Å². The van der Waals surface area contributed by atoms with Gasteiger partial charge in [-0.2, -0.15) is 0 Å². The molecule has 0 saturated carbocycles. The number of nitrogens with one attached hydrogen (secondary N) is 1. The zero-order chi connectivity index (χ0) is 12.3. The van der Waals surface area contributed by atoms with Crippen molar-refractivity contribution < 1.29 is 9.53 Å². The molecule has 2 aromatic heterocycles. The zero-order valence-corrected chi connectivity index (χ0v) is 10.1. The van der Waals surface area contributed by atoms with Gasteiger partial charge in [0.15, 0.2) is 0 Å². The summed E-state index contributed by atoms with van der Waals surface area (Å²) in [6.07, 6.45) is 0.742. The van der Waals surface area contributed by atoms with Crippen molar-refractivity contribution in [2.45, 2.75) is 6.92 Å². The third-order valence-electron chi connectivity index (χ3n) is 2.17. The second-order valence-corrected chi connectivity index (χ2v) is 4.29. The third-order valence-corrected chi connectivity index (χ3v) is 3.26. The van der Waals surface area contributed by atoms with Crippen molar-refractivity contribution >= 4 is 33.5 Å². The monoisotopic (exact) mass is 252 g/mol. The minimum Gasteiger partial charge on any atom is -0.448 e. The molecule has 17 heavy (non-hydrogen) atoms. The van der Waals surface area contributed by atoms with Gasteiger partial charge in [0.25, 0.3) is 0 Å². The Bertz CT molecular complexity index is 540. The fourth-order valence-corrected chi connectivity index (χ4v) is 2.38. The van der Waals surface area contributed by atoms with Crippen molar-refractivity contribution in [2.24, 2.45) is 5.73 Å². The number of thiophene rings is 1. The van der Waals surface area contributed by atoms with E-state index in [9.17, 15) is 4.79 Å². The molecule has 3 N–H and O–H groups in total. The normalized spacial score (nSPS) is 10.4. The summed E-state index contributed by atoms with van der Waals surface area (Å²) < 4.78 is 5.62. The summed E-state index contributed by atoms with van der Waals surface area (Å²) in [4.78, 5) is 18.7. The highest BCUT2D eigenvalue weighted by Crippen LogP contribution is 2.28. The number of aromatic nitrogens is 2. The van der Waals surface area contributed by atoms with Crippen LogP contribution in [-0.4, -0.2) is 29.2 Å². The molecule has 2 aromatic rings. The zero-order valence-electron chi connectivity index (χ0n) is 9.27. The molecule has 0 fully saturated rings. The molecule has 0 aromatic carbocycles. The number of hydrogen-bond donors (Lipinski definition) is 2. The van der Waals surface area contributed by atoms with Crippen LogP contribution in [-0.2, 0) is 4.74 Å². The van der Waals surface area contributed by atoms with E-state index in [2.05, 4.69) is 20.0 Å². The SMILES string of the molecule is Cc1csc2c(NCCOC(N)=O)ncnc12. The topological polar surface area (TPSA) is 90.1 Å². The fraction of sp³-hybridized carbons (Fsp3) is 0.300. The molecule has 0 aliphatic heterocycles. The maximum absolute atomic E-state index is 10.4. The Kier molecular flexibility index (Phi) is 3.38. The van der Waals surface area contributed by atoms with Crippen LogP contribution in [0.5, 0.6) is 0 Å². The molecule has 0 aliphatic carbocycles. The molecule has 0 bridgehead atoms. The summed E-state index contributed by atoms with van der Waals surface area (Å²) in [6.45, 7) is 2.68. The van der Waals surface area contributed by atoms with E-state index in [0.717, 1.165) is 21.6 Å². The van der Waals surface area contributed by atoms with Crippen molar-refractivity contribution in [1.82, 2.24) is 9.97 Å². The largest absolute Gasteiger partial charge is 0.448 e. The highest BCUT2D eigenvalue weighted by molar-refractivity contribution is 7.18. The van der Waals surface area contributed by atoms with Gasteiger partial charge in [0.2, 0.25) is 0 Å². The van der Waals surface area contributed by atoms with Crippen molar-refractivity contribution in [3.8, 4) is 0 Å². The second-order valence-electron chi connectivity index (χ2n) is 3.41. The second kappa shape index (κ2) is 4.96. The van der Waals surface area contributed by atoms with Gasteiger partial charge in [-0.25, -0.2) is 14.8 Å². The number of rotatable bonds is 4. The number of hydrogen-bond acceptors (Lipinski definition) is 6. The van der Waals surface area contributed by atoms with Crippen LogP contribution in [0.15, 0.2) is 11.7 Å². The first-order valence-electron chi connectivity index (χ1n) is 5.03. The van der Waals surface area contributed by atoms with Gasteiger partial charge in [0.1, 0.15) is 18.8 Å². The maximum Gasteiger partial charge on any atom is 0.404 e. The molecule has 0 radical (unpaired) electrons. The number of amides is 1. The highest BCUT2D eigenvalue weighted by Gasteiger charge is 2.07. The van der Waals surface area contributed by atoms with Crippen molar-refractivity contribution in [3.63, 3.8) is 0 Å². The molecule has 0 saturated heterocycles. The van der Waals surface area contributed by atoms with Gasteiger partial charge >= 0.3 is 6.09 Å². The summed E-state index contributed by atoms with van der Waals surface area (Å²) in [7, 11) is 0. The van der Waals surface area contributed by atoms with E-state index < -0.39 is 6.09 Å². The molecular formula is C10H12N4O2S. The first-order chi connectivity index (χ1) is 8.18. The third kappa shape index (κ3) is 2.62. The summed E-state index contributed by atoms with van der Waals surface area (Å²) in [5.74, 6) is 0.751. The number of aryl methyl sites for hydroxylation is 1. The van der Waals surface area contributed by atoms with Crippen molar-refractivity contribution in [1.29, 1.82) is 0 Å². The smallest absolute Gasteiger partial charge is 0.404 e. The Morgan fingerprint density at radius 3 is 3.18 bits per heavy atom. The average Bonchev–Trinajstić information content (AvgIpc) is 2.67. The van der Waals surface area contributed by atoms with Crippen LogP contribution in [0.2, 0.25) is 0 Å². The van der Waals surface area contributed by atoms with Crippen LogP contribution in [0, 0.1) is 6.92 Å². The molecule has 0 atom stereocenters. The van der Waals surface area contributed by atoms with Crippen LogP contribution in [0.25, 0.3) is 10.2 Å². The summed E-state index contributed by atoms with van der Waals surface area (Å²) in [5, 5.41) is 5.12. The van der Waals surface area contributed by atoms with Gasteiger partial charge in [0.05, 0.1) is 16.8 Å². The van der Waals surface area contributed by atoms with Crippen LogP contribution in [0.1, 0.15) is 5.56 Å². The van der Waals surface area contributed by atoms with E-state index in [1.807, 2.05) is 12.3 Å². The lowest BCUT2D eigenvalue weighted by Gasteiger charge is -2.05. The number of carbonyl (C=O) groups excluding carboxylic acids is 1. The minimum absolute atomic E-state index is 0.213. The lowest BCUT2D eigenvalue weighted by molar-refractivity contribution is 0.161. The van der Waals surface area contributed by atoms with Crippen LogP contribution >= 0.6 is 11.3 Å². The molecule has 0 unspecified atom stereocenters. The van der Waals surface area contributed by atoms with Gasteiger partial charge in [-0.05, 0) is 17.9 Å². The summed E-state index contributed by atoms with van der Waals surface area (Å²) >= 11 is 1.58. The van der Waals surface area contributed by atoms with E-state index in [1.165, 1.54) is 6.33 Å². The van der Waals surface area contributed by atoms with Gasteiger partial charge < -0.3 is 15.8 Å². The number of nitrogens with two attached hydrogens (primary N) is 1. The molecule has 90 valence electrons. The van der Waals surface area contributed by atoms with Gasteiger partial charge in [0, 0.05) is 0 Å². The molecule has 7 heteroatoms. The maximum atomic E-state index is 10.4. The molecule has 1 amide bonds. The number of primary amides is 1. The first kappa shape index (κ1) is 11.6.